The van der Waals surface area contributed by atoms with Gasteiger partial charge < -0.3 is 9.88 Å². The molecule has 7 nitrogen and oxygen atoms in total. The topological polar surface area (TPSA) is 73.8 Å². The molecule has 0 spiro atoms. The maximum Gasteiger partial charge on any atom is 0.332 e. The van der Waals surface area contributed by atoms with E-state index in [-0.39, 0.29) is 17.3 Å². The standard InChI is InChI=1S/C14H21N5O2/c1-4-17-12-11(13(20)18(5-2)14(17)21)19(9(3)16-12)10-6-7-15-8-10/h10,15H,4-8H2,1-3H3. The SMILES string of the molecule is CCn1c(=O)c2c(nc(C)n2C2CCNC2)n(CC)c1=O. The Morgan fingerprint density at radius 3 is 2.52 bits per heavy atom. The molecular weight excluding hydrogens is 270 g/mol. The smallest absolute Gasteiger partial charge is 0.318 e. The van der Waals surface area contributed by atoms with Crippen LogP contribution in [0.2, 0.25) is 0 Å². The third-order valence-electron chi connectivity index (χ3n) is 4.27. The lowest BCUT2D eigenvalue weighted by Gasteiger charge is -2.15. The highest BCUT2D eigenvalue weighted by Crippen LogP contribution is 2.22. The van der Waals surface area contributed by atoms with Gasteiger partial charge in [-0.2, -0.15) is 0 Å². The van der Waals surface area contributed by atoms with Crippen molar-refractivity contribution in [3.05, 3.63) is 26.7 Å². The van der Waals surface area contributed by atoms with E-state index in [0.29, 0.717) is 24.3 Å². The largest absolute Gasteiger partial charge is 0.332 e. The van der Waals surface area contributed by atoms with Crippen LogP contribution in [0.3, 0.4) is 0 Å². The molecule has 0 amide bonds. The van der Waals surface area contributed by atoms with Crippen LogP contribution in [-0.4, -0.2) is 31.8 Å². The van der Waals surface area contributed by atoms with Gasteiger partial charge in [0.2, 0.25) is 0 Å². The quantitative estimate of drug-likeness (QED) is 0.879. The van der Waals surface area contributed by atoms with Gasteiger partial charge in [-0.15, -0.1) is 0 Å². The van der Waals surface area contributed by atoms with Crippen LogP contribution in [-0.2, 0) is 13.1 Å². The predicted molar refractivity (Wildman–Crippen MR) is 80.9 cm³/mol. The molecule has 0 radical (unpaired) electrons. The first-order valence-electron chi connectivity index (χ1n) is 7.53. The lowest BCUT2D eigenvalue weighted by Crippen LogP contribution is -2.40. The van der Waals surface area contributed by atoms with E-state index in [2.05, 4.69) is 10.3 Å². The molecule has 3 rings (SSSR count). The number of nitrogens with zero attached hydrogens (tertiary/aromatic N) is 4. The van der Waals surface area contributed by atoms with Gasteiger partial charge in [0.1, 0.15) is 5.82 Å². The fraction of sp³-hybridized carbons (Fsp3) is 0.643. The maximum atomic E-state index is 12.7. The fourth-order valence-electron chi connectivity index (χ4n) is 3.24. The number of fused-ring (bicyclic) bond motifs is 1. The van der Waals surface area contributed by atoms with Gasteiger partial charge in [0.15, 0.2) is 11.2 Å². The molecule has 1 unspecified atom stereocenters. The van der Waals surface area contributed by atoms with E-state index in [0.717, 1.165) is 25.3 Å². The van der Waals surface area contributed by atoms with Gasteiger partial charge >= 0.3 is 5.69 Å². The highest BCUT2D eigenvalue weighted by atomic mass is 16.2. The normalized spacial score (nSPS) is 18.7. The Labute approximate surface area is 122 Å². The summed E-state index contributed by atoms with van der Waals surface area (Å²) >= 11 is 0. The summed E-state index contributed by atoms with van der Waals surface area (Å²) in [4.78, 5) is 29.6. The zero-order chi connectivity index (χ0) is 15.1. The lowest BCUT2D eigenvalue weighted by atomic mass is 10.2. The van der Waals surface area contributed by atoms with E-state index in [1.165, 1.54) is 4.57 Å². The summed E-state index contributed by atoms with van der Waals surface area (Å²) in [7, 11) is 0. The number of aryl methyl sites for hydroxylation is 2. The third kappa shape index (κ3) is 1.95. The van der Waals surface area contributed by atoms with Gasteiger partial charge in [-0.1, -0.05) is 0 Å². The summed E-state index contributed by atoms with van der Waals surface area (Å²) < 4.78 is 4.90. The molecule has 1 saturated heterocycles. The second kappa shape index (κ2) is 5.14. The Morgan fingerprint density at radius 1 is 1.24 bits per heavy atom. The molecule has 21 heavy (non-hydrogen) atoms. The van der Waals surface area contributed by atoms with Crippen molar-refractivity contribution in [1.82, 2.24) is 24.0 Å². The Morgan fingerprint density at radius 2 is 1.95 bits per heavy atom. The average molecular weight is 291 g/mol. The van der Waals surface area contributed by atoms with Gasteiger partial charge in [-0.05, 0) is 33.7 Å². The second-order valence-electron chi connectivity index (χ2n) is 5.42. The van der Waals surface area contributed by atoms with Gasteiger partial charge in [-0.25, -0.2) is 9.78 Å². The monoisotopic (exact) mass is 291 g/mol. The van der Waals surface area contributed by atoms with Crippen LogP contribution in [0, 0.1) is 6.92 Å². The van der Waals surface area contributed by atoms with Crippen LogP contribution in [0.1, 0.15) is 32.1 Å². The molecule has 0 aromatic carbocycles. The van der Waals surface area contributed by atoms with Crippen molar-refractivity contribution in [3.8, 4) is 0 Å². The van der Waals surface area contributed by atoms with Crippen LogP contribution in [0.5, 0.6) is 0 Å². The molecule has 114 valence electrons. The number of aromatic nitrogens is 4. The van der Waals surface area contributed by atoms with Crippen molar-refractivity contribution in [1.29, 1.82) is 0 Å². The first-order valence-corrected chi connectivity index (χ1v) is 7.53. The van der Waals surface area contributed by atoms with Crippen LogP contribution >= 0.6 is 0 Å². The zero-order valence-electron chi connectivity index (χ0n) is 12.7. The van der Waals surface area contributed by atoms with E-state index in [1.807, 2.05) is 25.3 Å². The molecule has 1 aliphatic heterocycles. The third-order valence-corrected chi connectivity index (χ3v) is 4.27. The molecule has 1 N–H and O–H groups in total. The van der Waals surface area contributed by atoms with E-state index >= 15 is 0 Å². The molecular formula is C14H21N5O2. The number of nitrogens with one attached hydrogen (secondary N) is 1. The summed E-state index contributed by atoms with van der Waals surface area (Å²) in [6, 6.07) is 0.232. The van der Waals surface area contributed by atoms with Crippen molar-refractivity contribution in [2.75, 3.05) is 13.1 Å². The Hall–Kier alpha value is -1.89. The fourth-order valence-corrected chi connectivity index (χ4v) is 3.24. The number of imidazole rings is 1. The number of hydrogen-bond acceptors (Lipinski definition) is 4. The van der Waals surface area contributed by atoms with Crippen molar-refractivity contribution < 1.29 is 0 Å². The second-order valence-corrected chi connectivity index (χ2v) is 5.42. The lowest BCUT2D eigenvalue weighted by molar-refractivity contribution is 0.541. The summed E-state index contributed by atoms with van der Waals surface area (Å²) in [6.07, 6.45) is 0.975. The molecule has 1 atom stereocenters. The van der Waals surface area contributed by atoms with E-state index in [1.54, 1.807) is 4.57 Å². The van der Waals surface area contributed by atoms with Crippen molar-refractivity contribution in [3.63, 3.8) is 0 Å². The van der Waals surface area contributed by atoms with Crippen LogP contribution in [0.4, 0.5) is 0 Å². The van der Waals surface area contributed by atoms with E-state index in [9.17, 15) is 9.59 Å². The highest BCUT2D eigenvalue weighted by molar-refractivity contribution is 5.71. The van der Waals surface area contributed by atoms with E-state index in [4.69, 9.17) is 0 Å². The Bertz CT molecular complexity index is 792. The minimum atomic E-state index is -0.272. The molecule has 0 saturated carbocycles. The van der Waals surface area contributed by atoms with Gasteiger partial charge in [0.05, 0.1) is 0 Å². The van der Waals surface area contributed by atoms with E-state index < -0.39 is 0 Å². The number of hydrogen-bond donors (Lipinski definition) is 1. The first kappa shape index (κ1) is 14.1. The first-order chi connectivity index (χ1) is 10.1. The van der Waals surface area contributed by atoms with Crippen molar-refractivity contribution in [2.24, 2.45) is 0 Å². The van der Waals surface area contributed by atoms with Crippen LogP contribution in [0.15, 0.2) is 9.59 Å². The average Bonchev–Trinajstić information content (AvgIpc) is 3.07. The van der Waals surface area contributed by atoms with Crippen molar-refractivity contribution >= 4 is 11.2 Å². The van der Waals surface area contributed by atoms with Gasteiger partial charge in [-0.3, -0.25) is 13.9 Å². The minimum absolute atomic E-state index is 0.227. The molecule has 2 aromatic rings. The molecule has 2 aromatic heterocycles. The summed E-state index contributed by atoms with van der Waals surface area (Å²) in [5, 5.41) is 3.31. The molecule has 0 aliphatic carbocycles. The highest BCUT2D eigenvalue weighted by Gasteiger charge is 2.25. The molecule has 0 bridgehead atoms. The summed E-state index contributed by atoms with van der Waals surface area (Å²) in [5.74, 6) is 0.797. The van der Waals surface area contributed by atoms with Gasteiger partial charge in [0.25, 0.3) is 5.56 Å². The van der Waals surface area contributed by atoms with Crippen LogP contribution < -0.4 is 16.6 Å². The Kier molecular flexibility index (Phi) is 3.44. The van der Waals surface area contributed by atoms with Gasteiger partial charge in [0, 0.05) is 25.7 Å². The maximum absolute atomic E-state index is 12.7. The molecule has 1 fully saturated rings. The molecule has 7 heteroatoms. The Balaban J connectivity index is 2.43. The number of rotatable bonds is 3. The molecule has 3 heterocycles. The van der Waals surface area contributed by atoms with Crippen LogP contribution in [0.25, 0.3) is 11.2 Å². The molecule has 1 aliphatic rings. The zero-order valence-corrected chi connectivity index (χ0v) is 12.7. The van der Waals surface area contributed by atoms with Crippen molar-refractivity contribution in [2.45, 2.75) is 46.3 Å². The summed E-state index contributed by atoms with van der Waals surface area (Å²) in [5.41, 5.74) is 0.576. The summed E-state index contributed by atoms with van der Waals surface area (Å²) in [6.45, 7) is 8.28. The predicted octanol–water partition coefficient (Wildman–Crippen LogP) is 0.242. The minimum Gasteiger partial charge on any atom is -0.318 e.